The van der Waals surface area contributed by atoms with Crippen LogP contribution in [0.5, 0.6) is 0 Å². The number of aryl methyl sites for hydroxylation is 1. The molecule has 0 spiro atoms. The standard InChI is InChI=1S/C10H11ClN4O2/c1-6(11)4-15-5-12-8-7(15)9(16)14(3)10(17)13(8)2/h5H,1,4H2,2-3H3. The van der Waals surface area contributed by atoms with E-state index in [1.807, 2.05) is 0 Å². The summed E-state index contributed by atoms with van der Waals surface area (Å²) in [5.41, 5.74) is -0.108. The molecule has 0 atom stereocenters. The smallest absolute Gasteiger partial charge is 0.319 e. The fourth-order valence-electron chi connectivity index (χ4n) is 1.70. The normalized spacial score (nSPS) is 11.0. The molecule has 7 heteroatoms. The van der Waals surface area contributed by atoms with Crippen molar-refractivity contribution in [3.05, 3.63) is 38.8 Å². The second-order valence-corrected chi connectivity index (χ2v) is 4.30. The topological polar surface area (TPSA) is 61.8 Å². The van der Waals surface area contributed by atoms with Gasteiger partial charge in [0.15, 0.2) is 11.2 Å². The van der Waals surface area contributed by atoms with E-state index >= 15 is 0 Å². The Balaban J connectivity index is 2.90. The van der Waals surface area contributed by atoms with Gasteiger partial charge in [0, 0.05) is 19.1 Å². The molecule has 0 N–H and O–H groups in total. The number of imidazole rings is 1. The van der Waals surface area contributed by atoms with Crippen molar-refractivity contribution >= 4 is 22.8 Å². The molecule has 0 fully saturated rings. The molecule has 0 aliphatic carbocycles. The lowest BCUT2D eigenvalue weighted by Gasteiger charge is -2.05. The van der Waals surface area contributed by atoms with Crippen LogP contribution in [0.15, 0.2) is 27.5 Å². The predicted octanol–water partition coefficient (Wildman–Crippen LogP) is 0.186. The molecule has 0 aliphatic heterocycles. The Bertz CT molecular complexity index is 722. The number of aromatic nitrogens is 4. The van der Waals surface area contributed by atoms with E-state index in [0.29, 0.717) is 16.2 Å². The van der Waals surface area contributed by atoms with E-state index in [4.69, 9.17) is 11.6 Å². The number of hydrogen-bond acceptors (Lipinski definition) is 3. The first kappa shape index (κ1) is 11.7. The molecule has 0 aliphatic rings. The first-order valence-electron chi connectivity index (χ1n) is 4.87. The van der Waals surface area contributed by atoms with Crippen LogP contribution in [-0.2, 0) is 20.6 Å². The molecule has 2 aromatic heterocycles. The van der Waals surface area contributed by atoms with Gasteiger partial charge in [-0.15, -0.1) is 0 Å². The van der Waals surface area contributed by atoms with Crippen LogP contribution in [0.3, 0.4) is 0 Å². The predicted molar refractivity (Wildman–Crippen MR) is 65.2 cm³/mol. The molecule has 0 bridgehead atoms. The van der Waals surface area contributed by atoms with Crippen LogP contribution in [0.2, 0.25) is 0 Å². The van der Waals surface area contributed by atoms with Crippen molar-refractivity contribution in [1.29, 1.82) is 0 Å². The number of fused-ring (bicyclic) bond motifs is 1. The zero-order valence-electron chi connectivity index (χ0n) is 9.47. The van der Waals surface area contributed by atoms with E-state index in [-0.39, 0.29) is 6.54 Å². The summed E-state index contributed by atoms with van der Waals surface area (Å²) in [5, 5.41) is 0.389. The molecule has 2 rings (SSSR count). The number of rotatable bonds is 2. The third-order valence-electron chi connectivity index (χ3n) is 2.56. The van der Waals surface area contributed by atoms with Crippen molar-refractivity contribution in [2.24, 2.45) is 14.1 Å². The average Bonchev–Trinajstić information content (AvgIpc) is 2.66. The SMILES string of the molecule is C=C(Cl)Cn1cnc2c1c(=O)n(C)c(=O)n2C. The Morgan fingerprint density at radius 1 is 1.41 bits per heavy atom. The third kappa shape index (κ3) is 1.70. The largest absolute Gasteiger partial charge is 0.332 e. The highest BCUT2D eigenvalue weighted by atomic mass is 35.5. The van der Waals surface area contributed by atoms with Gasteiger partial charge >= 0.3 is 5.69 Å². The zero-order valence-corrected chi connectivity index (χ0v) is 10.2. The van der Waals surface area contributed by atoms with E-state index in [1.165, 1.54) is 17.9 Å². The molecule has 0 unspecified atom stereocenters. The number of halogens is 1. The minimum atomic E-state index is -0.405. The molecule has 0 amide bonds. The summed E-state index contributed by atoms with van der Waals surface area (Å²) in [6.45, 7) is 3.85. The molecule has 0 saturated heterocycles. The Kier molecular flexibility index (Phi) is 2.66. The molecule has 6 nitrogen and oxygen atoms in total. The summed E-state index contributed by atoms with van der Waals surface area (Å²) in [7, 11) is 2.99. The van der Waals surface area contributed by atoms with Gasteiger partial charge in [-0.25, -0.2) is 9.78 Å². The lowest BCUT2D eigenvalue weighted by Crippen LogP contribution is -2.37. The van der Waals surface area contributed by atoms with Gasteiger partial charge in [-0.1, -0.05) is 18.2 Å². The second-order valence-electron chi connectivity index (χ2n) is 3.77. The zero-order chi connectivity index (χ0) is 12.7. The summed E-state index contributed by atoms with van der Waals surface area (Å²) < 4.78 is 3.94. The molecule has 2 aromatic rings. The molecular formula is C10H11ClN4O2. The molecule has 90 valence electrons. The maximum Gasteiger partial charge on any atom is 0.332 e. The molecule has 2 heterocycles. The maximum absolute atomic E-state index is 12.0. The van der Waals surface area contributed by atoms with Crippen molar-refractivity contribution < 1.29 is 0 Å². The number of nitrogens with zero attached hydrogens (tertiary/aromatic N) is 4. The van der Waals surface area contributed by atoms with Crippen molar-refractivity contribution in [2.45, 2.75) is 6.54 Å². The lowest BCUT2D eigenvalue weighted by atomic mass is 10.5. The van der Waals surface area contributed by atoms with E-state index in [2.05, 4.69) is 11.6 Å². The Morgan fingerprint density at radius 3 is 2.65 bits per heavy atom. The number of allylic oxidation sites excluding steroid dienone is 1. The van der Waals surface area contributed by atoms with E-state index in [1.54, 1.807) is 11.6 Å². The highest BCUT2D eigenvalue weighted by Crippen LogP contribution is 2.09. The second kappa shape index (κ2) is 3.89. The molecule has 0 saturated carbocycles. The van der Waals surface area contributed by atoms with Gasteiger partial charge in [0.25, 0.3) is 5.56 Å². The van der Waals surface area contributed by atoms with Crippen LogP contribution >= 0.6 is 11.6 Å². The minimum absolute atomic E-state index is 0.283. The van der Waals surface area contributed by atoms with Gasteiger partial charge in [0.2, 0.25) is 0 Å². The van der Waals surface area contributed by atoms with Gasteiger partial charge in [-0.3, -0.25) is 13.9 Å². The summed E-state index contributed by atoms with van der Waals surface area (Å²) in [6, 6.07) is 0. The van der Waals surface area contributed by atoms with E-state index < -0.39 is 11.2 Å². The Morgan fingerprint density at radius 2 is 2.06 bits per heavy atom. The summed E-state index contributed by atoms with van der Waals surface area (Å²) in [4.78, 5) is 27.7. The molecule has 0 aromatic carbocycles. The Hall–Kier alpha value is -1.82. The van der Waals surface area contributed by atoms with Crippen molar-refractivity contribution in [3.63, 3.8) is 0 Å². The summed E-state index contributed by atoms with van der Waals surface area (Å²) in [5.74, 6) is 0. The Labute approximate surface area is 101 Å². The van der Waals surface area contributed by atoms with Crippen molar-refractivity contribution in [3.8, 4) is 0 Å². The molecular weight excluding hydrogens is 244 g/mol. The number of hydrogen-bond donors (Lipinski definition) is 0. The third-order valence-corrected chi connectivity index (χ3v) is 2.68. The first-order valence-corrected chi connectivity index (χ1v) is 5.25. The van der Waals surface area contributed by atoms with Gasteiger partial charge in [-0.2, -0.15) is 0 Å². The van der Waals surface area contributed by atoms with Crippen LogP contribution in [0.25, 0.3) is 11.2 Å². The summed E-state index contributed by atoms with van der Waals surface area (Å²) in [6.07, 6.45) is 1.47. The highest BCUT2D eigenvalue weighted by molar-refractivity contribution is 6.29. The quantitative estimate of drug-likeness (QED) is 0.768. The van der Waals surface area contributed by atoms with Crippen LogP contribution < -0.4 is 11.2 Å². The molecule has 0 radical (unpaired) electrons. The maximum atomic E-state index is 12.0. The summed E-state index contributed by atoms with van der Waals surface area (Å²) >= 11 is 5.71. The van der Waals surface area contributed by atoms with Gasteiger partial charge in [0.1, 0.15) is 0 Å². The monoisotopic (exact) mass is 254 g/mol. The highest BCUT2D eigenvalue weighted by Gasteiger charge is 2.13. The van der Waals surface area contributed by atoms with Crippen molar-refractivity contribution in [2.75, 3.05) is 0 Å². The first-order chi connectivity index (χ1) is 7.93. The van der Waals surface area contributed by atoms with Crippen LogP contribution in [0, 0.1) is 0 Å². The van der Waals surface area contributed by atoms with E-state index in [9.17, 15) is 9.59 Å². The van der Waals surface area contributed by atoms with Crippen LogP contribution in [0.1, 0.15) is 0 Å². The van der Waals surface area contributed by atoms with E-state index in [0.717, 1.165) is 4.57 Å². The minimum Gasteiger partial charge on any atom is -0.319 e. The van der Waals surface area contributed by atoms with Gasteiger partial charge in [0.05, 0.1) is 12.9 Å². The van der Waals surface area contributed by atoms with Gasteiger partial charge < -0.3 is 4.57 Å². The molecule has 17 heavy (non-hydrogen) atoms. The lowest BCUT2D eigenvalue weighted by molar-refractivity contribution is 0.703. The van der Waals surface area contributed by atoms with Crippen LogP contribution in [-0.4, -0.2) is 18.7 Å². The van der Waals surface area contributed by atoms with Crippen molar-refractivity contribution in [1.82, 2.24) is 18.7 Å². The van der Waals surface area contributed by atoms with Gasteiger partial charge in [-0.05, 0) is 0 Å². The average molecular weight is 255 g/mol. The fraction of sp³-hybridized carbons (Fsp3) is 0.300. The fourth-order valence-corrected chi connectivity index (χ4v) is 1.83. The van der Waals surface area contributed by atoms with Crippen LogP contribution in [0.4, 0.5) is 0 Å².